The molecule has 1 atom stereocenters. The topological polar surface area (TPSA) is 53.6 Å². The van der Waals surface area contributed by atoms with Gasteiger partial charge in [-0.1, -0.05) is 18.2 Å². The van der Waals surface area contributed by atoms with Crippen LogP contribution in [0.1, 0.15) is 18.7 Å². The minimum Gasteiger partial charge on any atom is -0.365 e. The minimum absolute atomic E-state index is 0.375. The predicted octanol–water partition coefficient (Wildman–Crippen LogP) is 2.58. The number of anilines is 1. The van der Waals surface area contributed by atoms with Crippen molar-refractivity contribution in [3.05, 3.63) is 48.5 Å². The molecule has 1 unspecified atom stereocenters. The smallest absolute Gasteiger partial charge is 0.156 e. The molecular formula is C13H14N4. The van der Waals surface area contributed by atoms with E-state index in [0.717, 1.165) is 17.9 Å². The summed E-state index contributed by atoms with van der Waals surface area (Å²) in [7, 11) is 0. The summed E-state index contributed by atoms with van der Waals surface area (Å²) in [5.41, 5.74) is 1.82. The Hall–Kier alpha value is -2.28. The highest BCUT2D eigenvalue weighted by Crippen LogP contribution is 2.18. The first-order chi connectivity index (χ1) is 8.35. The van der Waals surface area contributed by atoms with Crippen LogP contribution in [-0.4, -0.2) is 9.55 Å². The Bertz CT molecular complexity index is 510. The first kappa shape index (κ1) is 11.2. The number of aromatic nitrogens is 2. The number of aryl methyl sites for hydroxylation is 1. The van der Waals surface area contributed by atoms with E-state index in [-0.39, 0.29) is 6.04 Å². The maximum absolute atomic E-state index is 9.23. The van der Waals surface area contributed by atoms with Crippen molar-refractivity contribution in [1.82, 2.24) is 9.55 Å². The number of nitrogens with one attached hydrogen (secondary N) is 1. The van der Waals surface area contributed by atoms with Gasteiger partial charge in [-0.15, -0.1) is 0 Å². The van der Waals surface area contributed by atoms with Gasteiger partial charge >= 0.3 is 0 Å². The summed E-state index contributed by atoms with van der Waals surface area (Å²) in [5, 5.41) is 12.4. The van der Waals surface area contributed by atoms with E-state index in [0.29, 0.717) is 0 Å². The molecule has 0 bridgehead atoms. The van der Waals surface area contributed by atoms with Crippen LogP contribution in [-0.2, 0) is 6.54 Å². The summed E-state index contributed by atoms with van der Waals surface area (Å²) >= 11 is 0. The molecule has 0 aliphatic carbocycles. The van der Waals surface area contributed by atoms with Crippen LogP contribution < -0.4 is 5.32 Å². The number of rotatable bonds is 4. The SMILES string of the molecule is CCn1cncc1C(C#N)Nc1ccccc1. The van der Waals surface area contributed by atoms with Crippen LogP contribution in [0, 0.1) is 11.3 Å². The van der Waals surface area contributed by atoms with E-state index in [2.05, 4.69) is 16.4 Å². The van der Waals surface area contributed by atoms with E-state index in [1.807, 2.05) is 41.8 Å². The number of para-hydroxylation sites is 1. The molecule has 1 aromatic carbocycles. The third kappa shape index (κ3) is 2.45. The molecule has 0 amide bonds. The van der Waals surface area contributed by atoms with Gasteiger partial charge in [-0.2, -0.15) is 5.26 Å². The summed E-state index contributed by atoms with van der Waals surface area (Å²) in [6, 6.07) is 11.6. The largest absolute Gasteiger partial charge is 0.365 e. The van der Waals surface area contributed by atoms with Crippen LogP contribution in [0.5, 0.6) is 0 Å². The maximum Gasteiger partial charge on any atom is 0.156 e. The van der Waals surface area contributed by atoms with Crippen LogP contribution in [0.25, 0.3) is 0 Å². The number of nitriles is 1. The molecular weight excluding hydrogens is 212 g/mol. The van der Waals surface area contributed by atoms with Gasteiger partial charge in [0.05, 0.1) is 24.3 Å². The fraction of sp³-hybridized carbons (Fsp3) is 0.231. The van der Waals surface area contributed by atoms with Gasteiger partial charge in [-0.25, -0.2) is 4.98 Å². The van der Waals surface area contributed by atoms with Gasteiger partial charge in [-0.05, 0) is 19.1 Å². The Balaban J connectivity index is 2.21. The van der Waals surface area contributed by atoms with Crippen LogP contribution in [0.2, 0.25) is 0 Å². The molecule has 0 radical (unpaired) electrons. The average Bonchev–Trinajstić information content (AvgIpc) is 2.85. The first-order valence-electron chi connectivity index (χ1n) is 5.56. The lowest BCUT2D eigenvalue weighted by atomic mass is 10.2. The Kier molecular flexibility index (Phi) is 3.41. The molecule has 4 nitrogen and oxygen atoms in total. The van der Waals surface area contributed by atoms with Crippen molar-refractivity contribution in [1.29, 1.82) is 5.26 Å². The molecule has 4 heteroatoms. The molecule has 2 aromatic rings. The normalized spacial score (nSPS) is 11.8. The van der Waals surface area contributed by atoms with Gasteiger partial charge < -0.3 is 9.88 Å². The van der Waals surface area contributed by atoms with E-state index >= 15 is 0 Å². The standard InChI is InChI=1S/C13H14N4/c1-2-17-10-15-9-13(17)12(8-14)16-11-6-4-3-5-7-11/h3-7,9-10,12,16H,2H2,1H3. The molecule has 0 spiro atoms. The van der Waals surface area contributed by atoms with E-state index in [9.17, 15) is 5.26 Å². The molecule has 2 rings (SSSR count). The van der Waals surface area contributed by atoms with E-state index < -0.39 is 0 Å². The van der Waals surface area contributed by atoms with Crippen molar-refractivity contribution in [2.45, 2.75) is 19.5 Å². The molecule has 0 saturated carbocycles. The lowest BCUT2D eigenvalue weighted by Gasteiger charge is -2.14. The number of nitrogens with zero attached hydrogens (tertiary/aromatic N) is 3. The van der Waals surface area contributed by atoms with Crippen molar-refractivity contribution in [3.63, 3.8) is 0 Å². The van der Waals surface area contributed by atoms with Gasteiger partial charge in [-0.3, -0.25) is 0 Å². The average molecular weight is 226 g/mol. The maximum atomic E-state index is 9.23. The Morgan fingerprint density at radius 3 is 2.82 bits per heavy atom. The van der Waals surface area contributed by atoms with Gasteiger partial charge in [0.1, 0.15) is 0 Å². The van der Waals surface area contributed by atoms with Gasteiger partial charge in [0.2, 0.25) is 0 Å². The second kappa shape index (κ2) is 5.17. The van der Waals surface area contributed by atoms with Crippen LogP contribution >= 0.6 is 0 Å². The third-order valence-electron chi connectivity index (χ3n) is 2.59. The van der Waals surface area contributed by atoms with Crippen LogP contribution in [0.3, 0.4) is 0 Å². The number of benzene rings is 1. The predicted molar refractivity (Wildman–Crippen MR) is 66.3 cm³/mol. The first-order valence-corrected chi connectivity index (χ1v) is 5.56. The summed E-state index contributed by atoms with van der Waals surface area (Å²) in [6.45, 7) is 2.84. The zero-order chi connectivity index (χ0) is 12.1. The third-order valence-corrected chi connectivity index (χ3v) is 2.59. The summed E-state index contributed by atoms with van der Waals surface area (Å²) in [5.74, 6) is 0. The lowest BCUT2D eigenvalue weighted by Crippen LogP contribution is -2.13. The number of hydrogen-bond acceptors (Lipinski definition) is 3. The van der Waals surface area contributed by atoms with Crippen molar-refractivity contribution < 1.29 is 0 Å². The zero-order valence-electron chi connectivity index (χ0n) is 9.67. The second-order valence-electron chi connectivity index (χ2n) is 3.68. The van der Waals surface area contributed by atoms with Crippen molar-refractivity contribution in [2.75, 3.05) is 5.32 Å². The Morgan fingerprint density at radius 1 is 1.41 bits per heavy atom. The fourth-order valence-corrected chi connectivity index (χ4v) is 1.71. The molecule has 0 fully saturated rings. The van der Waals surface area contributed by atoms with E-state index in [4.69, 9.17) is 0 Å². The highest BCUT2D eigenvalue weighted by Gasteiger charge is 2.14. The summed E-state index contributed by atoms with van der Waals surface area (Å²) in [6.07, 6.45) is 3.47. The Labute approximate surface area is 101 Å². The van der Waals surface area contributed by atoms with Crippen molar-refractivity contribution in [3.8, 4) is 6.07 Å². The highest BCUT2D eigenvalue weighted by atomic mass is 15.1. The van der Waals surface area contributed by atoms with Crippen molar-refractivity contribution >= 4 is 5.69 Å². The molecule has 1 N–H and O–H groups in total. The highest BCUT2D eigenvalue weighted by molar-refractivity contribution is 5.46. The second-order valence-corrected chi connectivity index (χ2v) is 3.68. The fourth-order valence-electron chi connectivity index (χ4n) is 1.71. The molecule has 86 valence electrons. The van der Waals surface area contributed by atoms with Gasteiger partial charge in [0.25, 0.3) is 0 Å². The van der Waals surface area contributed by atoms with Crippen LogP contribution in [0.4, 0.5) is 5.69 Å². The minimum atomic E-state index is -0.375. The number of hydrogen-bond donors (Lipinski definition) is 1. The summed E-state index contributed by atoms with van der Waals surface area (Å²) < 4.78 is 1.96. The molecule has 0 aliphatic rings. The molecule has 0 saturated heterocycles. The zero-order valence-corrected chi connectivity index (χ0v) is 9.67. The van der Waals surface area contributed by atoms with Crippen LogP contribution in [0.15, 0.2) is 42.9 Å². The van der Waals surface area contributed by atoms with E-state index in [1.165, 1.54) is 0 Å². The van der Waals surface area contributed by atoms with Gasteiger partial charge in [0.15, 0.2) is 6.04 Å². The molecule has 17 heavy (non-hydrogen) atoms. The van der Waals surface area contributed by atoms with Gasteiger partial charge in [0, 0.05) is 12.2 Å². The van der Waals surface area contributed by atoms with Crippen molar-refractivity contribution in [2.24, 2.45) is 0 Å². The summed E-state index contributed by atoms with van der Waals surface area (Å²) in [4.78, 5) is 4.08. The van der Waals surface area contributed by atoms with E-state index in [1.54, 1.807) is 12.5 Å². The molecule has 1 aromatic heterocycles. The lowest BCUT2D eigenvalue weighted by molar-refractivity contribution is 0.701. The molecule has 0 aliphatic heterocycles. The number of imidazole rings is 1. The monoisotopic (exact) mass is 226 g/mol. The quantitative estimate of drug-likeness (QED) is 0.871. The Morgan fingerprint density at radius 2 is 2.18 bits per heavy atom. The molecule has 1 heterocycles.